The summed E-state index contributed by atoms with van der Waals surface area (Å²) in [6.45, 7) is 17.7. The van der Waals surface area contributed by atoms with Gasteiger partial charge in [0.2, 0.25) is 6.10 Å². The average Bonchev–Trinajstić information content (AvgIpc) is 3.12. The molecule has 0 aliphatic carbocycles. The molecule has 7 atom stereocenters. The van der Waals surface area contributed by atoms with Gasteiger partial charge in [-0.25, -0.2) is 4.79 Å². The van der Waals surface area contributed by atoms with Crippen LogP contribution in [0, 0.1) is 22.7 Å². The van der Waals surface area contributed by atoms with Gasteiger partial charge in [0.1, 0.15) is 6.10 Å². The lowest BCUT2D eigenvalue weighted by molar-refractivity contribution is -0.219. The van der Waals surface area contributed by atoms with Crippen LogP contribution in [-0.2, 0) is 33.3 Å². The fourth-order valence-electron chi connectivity index (χ4n) is 4.41. The van der Waals surface area contributed by atoms with Crippen LogP contribution >= 0.6 is 0 Å². The Morgan fingerprint density at radius 3 is 2.18 bits per heavy atom. The monoisotopic (exact) mass is 398 g/mol. The van der Waals surface area contributed by atoms with Crippen molar-refractivity contribution in [3.05, 3.63) is 0 Å². The maximum atomic E-state index is 13.3. The Kier molecular flexibility index (Phi) is 5.13. The van der Waals surface area contributed by atoms with Gasteiger partial charge in [-0.15, -0.1) is 0 Å². The second kappa shape index (κ2) is 6.67. The predicted molar refractivity (Wildman–Crippen MR) is 100 cm³/mol. The van der Waals surface area contributed by atoms with Gasteiger partial charge in [-0.05, 0) is 38.0 Å². The smallest absolute Gasteiger partial charge is 0.350 e. The van der Waals surface area contributed by atoms with Crippen LogP contribution in [0.2, 0.25) is 0 Å². The quantitative estimate of drug-likeness (QED) is 0.673. The summed E-state index contributed by atoms with van der Waals surface area (Å²) in [5.74, 6) is -1.50. The first-order valence-electron chi connectivity index (χ1n) is 10.1. The normalized spacial score (nSPS) is 37.2. The molecule has 7 heteroatoms. The van der Waals surface area contributed by atoms with E-state index in [2.05, 4.69) is 13.8 Å². The molecular weight excluding hydrogens is 364 g/mol. The zero-order chi connectivity index (χ0) is 21.2. The molecule has 0 radical (unpaired) electrons. The van der Waals surface area contributed by atoms with E-state index in [1.54, 1.807) is 13.8 Å². The van der Waals surface area contributed by atoms with Gasteiger partial charge >= 0.3 is 11.9 Å². The van der Waals surface area contributed by atoms with Gasteiger partial charge in [-0.2, -0.15) is 0 Å². The number of ether oxygens (including phenoxy) is 5. The molecule has 7 nitrogen and oxygen atoms in total. The van der Waals surface area contributed by atoms with Gasteiger partial charge < -0.3 is 23.7 Å². The molecule has 0 N–H and O–H groups in total. The van der Waals surface area contributed by atoms with Crippen LogP contribution in [0.1, 0.15) is 62.3 Å². The number of rotatable bonds is 4. The summed E-state index contributed by atoms with van der Waals surface area (Å²) >= 11 is 0. The average molecular weight is 398 g/mol. The lowest BCUT2D eigenvalue weighted by atomic mass is 9.58. The van der Waals surface area contributed by atoms with Gasteiger partial charge in [-0.1, -0.05) is 41.5 Å². The second-order valence-electron chi connectivity index (χ2n) is 10.3. The fourth-order valence-corrected chi connectivity index (χ4v) is 4.41. The molecule has 3 saturated heterocycles. The molecule has 0 spiro atoms. The lowest BCUT2D eigenvalue weighted by Gasteiger charge is -2.46. The third kappa shape index (κ3) is 3.25. The van der Waals surface area contributed by atoms with E-state index in [4.69, 9.17) is 23.7 Å². The van der Waals surface area contributed by atoms with Crippen LogP contribution in [0.4, 0.5) is 0 Å². The minimum atomic E-state index is -1.11. The van der Waals surface area contributed by atoms with E-state index in [0.717, 1.165) is 0 Å². The third-order valence-corrected chi connectivity index (χ3v) is 6.94. The molecular formula is C21H34O7. The Morgan fingerprint density at radius 1 is 1.04 bits per heavy atom. The first kappa shape index (κ1) is 21.5. The molecule has 28 heavy (non-hydrogen) atoms. The number of fused-ring (bicyclic) bond motifs is 3. The van der Waals surface area contributed by atoms with Crippen molar-refractivity contribution in [3.8, 4) is 0 Å². The number of hydrogen-bond acceptors (Lipinski definition) is 7. The molecule has 0 aromatic heterocycles. The van der Waals surface area contributed by atoms with E-state index in [1.807, 2.05) is 34.6 Å². The Morgan fingerprint density at radius 2 is 1.64 bits per heavy atom. The van der Waals surface area contributed by atoms with E-state index in [0.29, 0.717) is 0 Å². The predicted octanol–water partition coefficient (Wildman–Crippen LogP) is 3.04. The first-order chi connectivity index (χ1) is 12.7. The minimum Gasteiger partial charge on any atom is -0.454 e. The Hall–Kier alpha value is -1.18. The molecule has 0 amide bonds. The summed E-state index contributed by atoms with van der Waals surface area (Å²) in [5.41, 5.74) is -1.15. The van der Waals surface area contributed by atoms with Crippen LogP contribution in [0.25, 0.3) is 0 Å². The van der Waals surface area contributed by atoms with Crippen LogP contribution in [0.15, 0.2) is 0 Å². The summed E-state index contributed by atoms with van der Waals surface area (Å²) in [5, 5.41) is 0. The molecule has 3 aliphatic heterocycles. The molecule has 3 fully saturated rings. The zero-order valence-corrected chi connectivity index (χ0v) is 18.4. The fraction of sp³-hybridized carbons (Fsp3) is 0.905. The molecule has 3 rings (SSSR count). The highest BCUT2D eigenvalue weighted by atomic mass is 16.8. The zero-order valence-electron chi connectivity index (χ0n) is 18.4. The molecule has 0 aromatic carbocycles. The highest BCUT2D eigenvalue weighted by Gasteiger charge is 2.65. The van der Waals surface area contributed by atoms with Crippen LogP contribution in [0.5, 0.6) is 0 Å². The Balaban J connectivity index is 1.80. The molecule has 160 valence electrons. The molecule has 0 bridgehead atoms. The summed E-state index contributed by atoms with van der Waals surface area (Å²) in [6.07, 6.45) is -3.62. The van der Waals surface area contributed by atoms with Gasteiger partial charge in [0.15, 0.2) is 24.3 Å². The SMILES string of the molecule is CC(C)C(C)C(C)(C(=O)OC1C(=O)OC2C3OC(C)(C)OC3OC12)C(C)(C)C. The third-order valence-electron chi connectivity index (χ3n) is 6.94. The van der Waals surface area contributed by atoms with Crippen molar-refractivity contribution in [2.75, 3.05) is 0 Å². The maximum absolute atomic E-state index is 13.3. The molecule has 3 aliphatic rings. The molecule has 7 unspecified atom stereocenters. The summed E-state index contributed by atoms with van der Waals surface area (Å²) < 4.78 is 28.6. The number of hydrogen-bond donors (Lipinski definition) is 0. The van der Waals surface area contributed by atoms with Gasteiger partial charge in [0, 0.05) is 0 Å². The number of carbonyl (C=O) groups excluding carboxylic acids is 2. The standard InChI is InChI=1S/C21H34O7/c1-10(2)11(3)21(9,19(4,5)6)18(23)26-14-12-13(24-16(14)22)15-17(25-12)28-20(7,8)27-15/h10-15,17H,1-9H3. The van der Waals surface area contributed by atoms with E-state index in [9.17, 15) is 9.59 Å². The van der Waals surface area contributed by atoms with Crippen molar-refractivity contribution in [2.45, 2.75) is 98.8 Å². The molecule has 3 heterocycles. The van der Waals surface area contributed by atoms with E-state index < -0.39 is 53.8 Å². The molecule has 0 aromatic rings. The van der Waals surface area contributed by atoms with Crippen LogP contribution in [-0.4, -0.2) is 48.4 Å². The van der Waals surface area contributed by atoms with Crippen molar-refractivity contribution in [3.63, 3.8) is 0 Å². The van der Waals surface area contributed by atoms with Crippen molar-refractivity contribution < 1.29 is 33.3 Å². The minimum absolute atomic E-state index is 0.0459. The van der Waals surface area contributed by atoms with Gasteiger partial charge in [0.05, 0.1) is 5.41 Å². The van der Waals surface area contributed by atoms with Crippen molar-refractivity contribution in [1.29, 1.82) is 0 Å². The number of carbonyl (C=O) groups is 2. The lowest BCUT2D eigenvalue weighted by Crippen LogP contribution is -2.50. The van der Waals surface area contributed by atoms with Crippen molar-refractivity contribution >= 4 is 11.9 Å². The topological polar surface area (TPSA) is 80.3 Å². The molecule has 0 saturated carbocycles. The summed E-state index contributed by atoms with van der Waals surface area (Å²) in [7, 11) is 0. The van der Waals surface area contributed by atoms with E-state index in [-0.39, 0.29) is 17.3 Å². The highest BCUT2D eigenvalue weighted by Crippen LogP contribution is 2.49. The van der Waals surface area contributed by atoms with Gasteiger partial charge in [-0.3, -0.25) is 4.79 Å². The highest BCUT2D eigenvalue weighted by molar-refractivity contribution is 5.85. The van der Waals surface area contributed by atoms with E-state index >= 15 is 0 Å². The van der Waals surface area contributed by atoms with Crippen molar-refractivity contribution in [1.82, 2.24) is 0 Å². The summed E-state index contributed by atoms with van der Waals surface area (Å²) in [6, 6.07) is 0. The van der Waals surface area contributed by atoms with Crippen LogP contribution in [0.3, 0.4) is 0 Å². The Labute approximate surface area is 167 Å². The Bertz CT molecular complexity index is 650. The largest absolute Gasteiger partial charge is 0.454 e. The number of esters is 2. The first-order valence-corrected chi connectivity index (χ1v) is 10.1. The second-order valence-corrected chi connectivity index (χ2v) is 10.3. The maximum Gasteiger partial charge on any atom is 0.350 e. The van der Waals surface area contributed by atoms with Crippen molar-refractivity contribution in [2.24, 2.45) is 22.7 Å². The van der Waals surface area contributed by atoms with Crippen LogP contribution < -0.4 is 0 Å². The summed E-state index contributed by atoms with van der Waals surface area (Å²) in [4.78, 5) is 25.8. The van der Waals surface area contributed by atoms with Gasteiger partial charge in [0.25, 0.3) is 0 Å². The van der Waals surface area contributed by atoms with E-state index in [1.165, 1.54) is 0 Å².